The molecule has 1 amide bonds. The quantitative estimate of drug-likeness (QED) is 0.123. The average Bonchev–Trinajstić information content (AvgIpc) is 3.56. The summed E-state index contributed by atoms with van der Waals surface area (Å²) in [5.41, 5.74) is 8.41. The van der Waals surface area contributed by atoms with E-state index < -0.39 is 5.91 Å². The van der Waals surface area contributed by atoms with E-state index in [0.29, 0.717) is 35.2 Å². The fourth-order valence-electron chi connectivity index (χ4n) is 9.42. The highest BCUT2D eigenvalue weighted by atomic mass is 19.1. The molecule has 1 atom stereocenters. The minimum absolute atomic E-state index is 0.129. The topological polar surface area (TPSA) is 90.4 Å². The number of rotatable bonds is 10. The van der Waals surface area contributed by atoms with Gasteiger partial charge in [-0.2, -0.15) is 0 Å². The first-order valence-corrected chi connectivity index (χ1v) is 19.8. The fourth-order valence-corrected chi connectivity index (χ4v) is 9.42. The third-order valence-electron chi connectivity index (χ3n) is 12.6. The van der Waals surface area contributed by atoms with Gasteiger partial charge in [-0.3, -0.25) is 19.8 Å². The molecule has 2 aliphatic heterocycles. The van der Waals surface area contributed by atoms with Gasteiger partial charge in [-0.25, -0.2) is 19.2 Å². The van der Waals surface area contributed by atoms with E-state index in [4.69, 9.17) is 9.47 Å². The number of aryl methyl sites for hydroxylation is 1. The number of amides is 1. The van der Waals surface area contributed by atoms with Crippen molar-refractivity contribution in [3.8, 4) is 17.4 Å². The van der Waals surface area contributed by atoms with Gasteiger partial charge in [0.05, 0.1) is 18.4 Å². The Bertz CT molecular complexity index is 2140. The number of halogens is 2. The summed E-state index contributed by atoms with van der Waals surface area (Å²) in [6.45, 7) is 11.6. The van der Waals surface area contributed by atoms with Crippen LogP contribution in [0.2, 0.25) is 0 Å². The number of benzene rings is 3. The summed E-state index contributed by atoms with van der Waals surface area (Å²) in [7, 11) is 1.47. The molecule has 1 saturated carbocycles. The molecule has 0 radical (unpaired) electrons. The zero-order valence-electron chi connectivity index (χ0n) is 32.7. The first-order chi connectivity index (χ1) is 27.0. The maximum Gasteiger partial charge on any atom is 0.278 e. The van der Waals surface area contributed by atoms with Crippen LogP contribution in [0.15, 0.2) is 72.8 Å². The van der Waals surface area contributed by atoms with Gasteiger partial charge in [0, 0.05) is 75.1 Å². The monoisotopic (exact) mass is 763 g/mol. The summed E-state index contributed by atoms with van der Waals surface area (Å²) < 4.78 is 40.7. The molecule has 2 saturated heterocycles. The van der Waals surface area contributed by atoms with Gasteiger partial charge >= 0.3 is 0 Å². The van der Waals surface area contributed by atoms with Gasteiger partial charge in [0.15, 0.2) is 5.75 Å². The highest BCUT2D eigenvalue weighted by Crippen LogP contribution is 2.53. The number of ether oxygens (including phenoxy) is 2. The van der Waals surface area contributed by atoms with Crippen LogP contribution in [-0.2, 0) is 13.0 Å². The molecule has 11 heteroatoms. The van der Waals surface area contributed by atoms with Crippen molar-refractivity contribution >= 4 is 17.4 Å². The number of fused-ring (bicyclic) bond motifs is 1. The van der Waals surface area contributed by atoms with Gasteiger partial charge in [-0.05, 0) is 96.5 Å². The summed E-state index contributed by atoms with van der Waals surface area (Å²) in [6, 6.07) is 22.2. The number of methoxy groups -OCH3 is 1. The first kappa shape index (κ1) is 38.1. The van der Waals surface area contributed by atoms with E-state index in [1.165, 1.54) is 24.3 Å². The van der Waals surface area contributed by atoms with Crippen molar-refractivity contribution in [3.63, 3.8) is 0 Å². The van der Waals surface area contributed by atoms with Crippen molar-refractivity contribution in [1.29, 1.82) is 0 Å². The third kappa shape index (κ3) is 7.40. The molecule has 56 heavy (non-hydrogen) atoms. The molecule has 4 aliphatic rings. The molecule has 0 bridgehead atoms. The van der Waals surface area contributed by atoms with Crippen LogP contribution >= 0.6 is 0 Å². The van der Waals surface area contributed by atoms with Crippen LogP contribution in [0.1, 0.15) is 95.4 Å². The van der Waals surface area contributed by atoms with E-state index in [9.17, 15) is 18.8 Å². The van der Waals surface area contributed by atoms with E-state index in [0.717, 1.165) is 76.2 Å². The van der Waals surface area contributed by atoms with Crippen molar-refractivity contribution in [2.24, 2.45) is 5.41 Å². The summed E-state index contributed by atoms with van der Waals surface area (Å²) >= 11 is 0. The SMILES string of the molecule is COc1nc2c(cc1Oc1cc(N3CCC4(CC3)CC(N3CCN(Cc5ccc(C)c(F)c5)CC3c3ccccc3C(C)C)C4)ccc1C(=O)NO)C(F)=CC2. The third-order valence-corrected chi connectivity index (χ3v) is 12.6. The van der Waals surface area contributed by atoms with Gasteiger partial charge in [-0.1, -0.05) is 50.2 Å². The van der Waals surface area contributed by atoms with Crippen LogP contribution in [-0.4, -0.2) is 71.8 Å². The molecule has 1 aromatic heterocycles. The molecular weight excluding hydrogens is 713 g/mol. The standard InChI is InChI=1S/C45H51F2N5O4/c1-28(2)33-7-5-6-8-34(33)40-27-50(26-30-10-9-29(3)38(47)21-30)19-20-52(40)32-24-45(25-32)15-17-51(18-16-45)31-11-12-35(43(53)49-54)41(22-31)56-42-23-36-37(46)13-14-39(36)48-44(42)55-4/h5-13,21-23,28,32,40,54H,14-20,24-27H2,1-4H3,(H,49,53). The predicted molar refractivity (Wildman–Crippen MR) is 213 cm³/mol. The molecule has 9 nitrogen and oxygen atoms in total. The Hall–Kier alpha value is -4.84. The van der Waals surface area contributed by atoms with Crippen molar-refractivity contribution in [1.82, 2.24) is 20.3 Å². The number of piperazine rings is 1. The number of hydrogen-bond donors (Lipinski definition) is 2. The number of hydrogen-bond acceptors (Lipinski definition) is 8. The minimum Gasteiger partial charge on any atom is -0.478 e. The maximum atomic E-state index is 14.5. The van der Waals surface area contributed by atoms with Gasteiger partial charge < -0.3 is 14.4 Å². The van der Waals surface area contributed by atoms with Crippen LogP contribution in [0, 0.1) is 18.2 Å². The fraction of sp³-hybridized carbons (Fsp3) is 0.422. The van der Waals surface area contributed by atoms with Gasteiger partial charge in [0.25, 0.3) is 11.8 Å². The van der Waals surface area contributed by atoms with Gasteiger partial charge in [0.1, 0.15) is 17.4 Å². The van der Waals surface area contributed by atoms with E-state index in [1.54, 1.807) is 29.7 Å². The molecule has 3 aromatic carbocycles. The highest BCUT2D eigenvalue weighted by Gasteiger charge is 2.50. The Morgan fingerprint density at radius 2 is 1.79 bits per heavy atom. The Morgan fingerprint density at radius 1 is 1.00 bits per heavy atom. The molecule has 2 N–H and O–H groups in total. The lowest BCUT2D eigenvalue weighted by atomic mass is 9.59. The van der Waals surface area contributed by atoms with E-state index in [1.807, 2.05) is 19.1 Å². The lowest BCUT2D eigenvalue weighted by Crippen LogP contribution is -2.60. The second-order valence-corrected chi connectivity index (χ2v) is 16.4. The largest absolute Gasteiger partial charge is 0.478 e. The first-order valence-electron chi connectivity index (χ1n) is 19.8. The number of anilines is 1. The Balaban J connectivity index is 0.966. The number of carbonyl (C=O) groups excluding carboxylic acids is 1. The number of allylic oxidation sites excluding steroid dienone is 1. The van der Waals surface area contributed by atoms with Crippen molar-refractivity contribution in [2.75, 3.05) is 44.7 Å². The summed E-state index contributed by atoms with van der Waals surface area (Å²) in [6.07, 6.45) is 6.25. The van der Waals surface area contributed by atoms with E-state index in [2.05, 4.69) is 63.9 Å². The molecule has 8 rings (SSSR count). The molecule has 3 heterocycles. The zero-order valence-corrected chi connectivity index (χ0v) is 32.7. The second-order valence-electron chi connectivity index (χ2n) is 16.4. The smallest absolute Gasteiger partial charge is 0.278 e. The van der Waals surface area contributed by atoms with Crippen molar-refractivity contribution in [2.45, 2.75) is 77.4 Å². The summed E-state index contributed by atoms with van der Waals surface area (Å²) in [5.74, 6) is -0.253. The molecule has 2 aliphatic carbocycles. The zero-order chi connectivity index (χ0) is 39.1. The number of nitrogens with one attached hydrogen (secondary N) is 1. The number of aromatic nitrogens is 1. The van der Waals surface area contributed by atoms with Gasteiger partial charge in [0.2, 0.25) is 0 Å². The van der Waals surface area contributed by atoms with Crippen molar-refractivity contribution in [3.05, 3.63) is 118 Å². The molecule has 3 fully saturated rings. The molecule has 1 unspecified atom stereocenters. The lowest BCUT2D eigenvalue weighted by Gasteiger charge is -2.58. The Morgan fingerprint density at radius 3 is 2.52 bits per heavy atom. The number of hydroxylamine groups is 1. The molecule has 1 spiro atoms. The number of nitrogens with zero attached hydrogens (tertiary/aromatic N) is 4. The average molecular weight is 764 g/mol. The Labute approximate surface area is 327 Å². The maximum absolute atomic E-state index is 14.5. The van der Waals surface area contributed by atoms with Crippen LogP contribution in [0.3, 0.4) is 0 Å². The van der Waals surface area contributed by atoms with Gasteiger partial charge in [-0.15, -0.1) is 0 Å². The molecule has 294 valence electrons. The summed E-state index contributed by atoms with van der Waals surface area (Å²) in [4.78, 5) is 24.7. The molecular formula is C45H51F2N5O4. The van der Waals surface area contributed by atoms with Crippen LogP contribution in [0.25, 0.3) is 5.83 Å². The van der Waals surface area contributed by atoms with E-state index >= 15 is 0 Å². The number of pyridine rings is 1. The normalized spacial score (nSPS) is 19.8. The van der Waals surface area contributed by atoms with Crippen LogP contribution in [0.5, 0.6) is 17.4 Å². The predicted octanol–water partition coefficient (Wildman–Crippen LogP) is 8.75. The lowest BCUT2D eigenvalue weighted by molar-refractivity contribution is -0.0628. The Kier molecular flexibility index (Phi) is 10.6. The number of carbonyl (C=O) groups is 1. The van der Waals surface area contributed by atoms with Crippen LogP contribution < -0.4 is 19.9 Å². The van der Waals surface area contributed by atoms with E-state index in [-0.39, 0.29) is 46.0 Å². The summed E-state index contributed by atoms with van der Waals surface area (Å²) in [5, 5.41) is 9.50. The molecule has 4 aromatic rings. The van der Waals surface area contributed by atoms with Crippen molar-refractivity contribution < 1.29 is 28.3 Å². The second kappa shape index (κ2) is 15.6. The van der Waals surface area contributed by atoms with Crippen LogP contribution in [0.4, 0.5) is 14.5 Å². The number of piperidine rings is 1. The minimum atomic E-state index is -0.719. The highest BCUT2D eigenvalue weighted by molar-refractivity contribution is 5.97.